The molecule has 1 unspecified atom stereocenters. The summed E-state index contributed by atoms with van der Waals surface area (Å²) in [5, 5.41) is 0. The van der Waals surface area contributed by atoms with Gasteiger partial charge in [-0.25, -0.2) is 0 Å². The number of allylic oxidation sites excluding steroid dienone is 8. The first kappa shape index (κ1) is 59.9. The molecule has 0 N–H and O–H groups in total. The summed E-state index contributed by atoms with van der Waals surface area (Å²) in [4.78, 5) is 25.4. The summed E-state index contributed by atoms with van der Waals surface area (Å²) in [6, 6.07) is 0. The van der Waals surface area contributed by atoms with E-state index in [1.54, 1.807) is 0 Å². The summed E-state index contributed by atoms with van der Waals surface area (Å²) in [7, 11) is 0. The van der Waals surface area contributed by atoms with Crippen LogP contribution in [-0.2, 0) is 23.8 Å². The number of hydrogen-bond acceptors (Lipinski definition) is 5. The lowest BCUT2D eigenvalue weighted by Crippen LogP contribution is -2.30. The number of unbranched alkanes of at least 4 members (excludes halogenated alkanes) is 31. The Morgan fingerprint density at radius 1 is 0.355 bits per heavy atom. The van der Waals surface area contributed by atoms with E-state index in [2.05, 4.69) is 69.4 Å². The second-order valence-corrected chi connectivity index (χ2v) is 18.1. The van der Waals surface area contributed by atoms with E-state index in [9.17, 15) is 9.59 Å². The number of hydrogen-bond donors (Lipinski definition) is 0. The Morgan fingerprint density at radius 2 is 0.677 bits per heavy atom. The zero-order valence-electron chi connectivity index (χ0n) is 41.6. The van der Waals surface area contributed by atoms with E-state index in [-0.39, 0.29) is 25.2 Å². The van der Waals surface area contributed by atoms with Crippen LogP contribution in [0.2, 0.25) is 0 Å². The first-order valence-electron chi connectivity index (χ1n) is 27.2. The smallest absolute Gasteiger partial charge is 0.306 e. The topological polar surface area (TPSA) is 61.8 Å². The number of carbonyl (C=O) groups excluding carboxylic acids is 2. The fourth-order valence-electron chi connectivity index (χ4n) is 7.75. The molecule has 0 amide bonds. The molecule has 0 aliphatic heterocycles. The molecule has 62 heavy (non-hydrogen) atoms. The average Bonchev–Trinajstić information content (AvgIpc) is 3.27. The molecule has 1 atom stereocenters. The molecule has 0 saturated carbocycles. The van der Waals surface area contributed by atoms with E-state index in [1.165, 1.54) is 186 Å². The fourth-order valence-corrected chi connectivity index (χ4v) is 7.75. The van der Waals surface area contributed by atoms with Gasteiger partial charge in [-0.2, -0.15) is 0 Å². The fraction of sp³-hybridized carbons (Fsp3) is 0.825. The van der Waals surface area contributed by atoms with Crippen LogP contribution >= 0.6 is 0 Å². The minimum atomic E-state index is -0.542. The molecule has 5 nitrogen and oxygen atoms in total. The van der Waals surface area contributed by atoms with Crippen LogP contribution in [-0.4, -0.2) is 37.9 Å². The van der Waals surface area contributed by atoms with Gasteiger partial charge in [-0.05, 0) is 83.5 Å². The second-order valence-electron chi connectivity index (χ2n) is 18.1. The van der Waals surface area contributed by atoms with Crippen molar-refractivity contribution in [3.8, 4) is 0 Å². The average molecular weight is 869 g/mol. The Bertz CT molecular complexity index is 1030. The van der Waals surface area contributed by atoms with Crippen LogP contribution in [0.4, 0.5) is 0 Å². The van der Waals surface area contributed by atoms with Gasteiger partial charge < -0.3 is 14.2 Å². The normalized spacial score (nSPS) is 12.5. The van der Waals surface area contributed by atoms with Gasteiger partial charge in [0.05, 0.1) is 6.61 Å². The highest BCUT2D eigenvalue weighted by Gasteiger charge is 2.17. The first-order valence-corrected chi connectivity index (χ1v) is 27.2. The summed E-state index contributed by atoms with van der Waals surface area (Å²) in [5.41, 5.74) is 0. The number of ether oxygens (including phenoxy) is 3. The Labute approximate surface area is 386 Å². The van der Waals surface area contributed by atoms with Crippen molar-refractivity contribution in [3.05, 3.63) is 48.6 Å². The van der Waals surface area contributed by atoms with Crippen molar-refractivity contribution in [3.63, 3.8) is 0 Å². The van der Waals surface area contributed by atoms with Crippen LogP contribution in [0.25, 0.3) is 0 Å². The highest BCUT2D eigenvalue weighted by atomic mass is 16.6. The molecule has 0 aromatic heterocycles. The maximum absolute atomic E-state index is 12.8. The van der Waals surface area contributed by atoms with Gasteiger partial charge >= 0.3 is 11.9 Å². The van der Waals surface area contributed by atoms with Crippen molar-refractivity contribution in [2.45, 2.75) is 284 Å². The lowest BCUT2D eigenvalue weighted by Gasteiger charge is -2.18. The molecule has 0 radical (unpaired) electrons. The van der Waals surface area contributed by atoms with Gasteiger partial charge in [-0.15, -0.1) is 0 Å². The summed E-state index contributed by atoms with van der Waals surface area (Å²) in [6.45, 7) is 7.78. The molecule has 5 heteroatoms. The van der Waals surface area contributed by atoms with Crippen molar-refractivity contribution in [1.82, 2.24) is 0 Å². The van der Waals surface area contributed by atoms with Gasteiger partial charge in [0.25, 0.3) is 0 Å². The number of carbonyl (C=O) groups is 2. The molecule has 0 aromatic rings. The van der Waals surface area contributed by atoms with E-state index in [4.69, 9.17) is 14.2 Å². The summed E-state index contributed by atoms with van der Waals surface area (Å²) in [5.74, 6) is -0.400. The molecule has 0 bridgehead atoms. The van der Waals surface area contributed by atoms with Gasteiger partial charge in [-0.1, -0.05) is 230 Å². The molecule has 362 valence electrons. The molecule has 0 aliphatic rings. The highest BCUT2D eigenvalue weighted by molar-refractivity contribution is 5.70. The quantitative estimate of drug-likeness (QED) is 0.0346. The van der Waals surface area contributed by atoms with Crippen molar-refractivity contribution in [2.75, 3.05) is 19.8 Å². The third-order valence-electron chi connectivity index (χ3n) is 11.8. The Kier molecular flexibility index (Phi) is 51.4. The summed E-state index contributed by atoms with van der Waals surface area (Å²) in [6.07, 6.45) is 65.4. The Balaban J connectivity index is 4.27. The van der Waals surface area contributed by atoms with Crippen LogP contribution in [0.5, 0.6) is 0 Å². The molecular weight excluding hydrogens is 765 g/mol. The van der Waals surface area contributed by atoms with Gasteiger partial charge in [0.2, 0.25) is 0 Å². The van der Waals surface area contributed by atoms with Crippen molar-refractivity contribution >= 4 is 11.9 Å². The zero-order chi connectivity index (χ0) is 44.9. The lowest BCUT2D eigenvalue weighted by molar-refractivity contribution is -0.163. The van der Waals surface area contributed by atoms with Crippen LogP contribution in [0.1, 0.15) is 278 Å². The maximum atomic E-state index is 12.8. The first-order chi connectivity index (χ1) is 30.6. The van der Waals surface area contributed by atoms with Crippen molar-refractivity contribution in [1.29, 1.82) is 0 Å². The zero-order valence-corrected chi connectivity index (χ0v) is 41.6. The summed E-state index contributed by atoms with van der Waals surface area (Å²) < 4.78 is 17.4. The van der Waals surface area contributed by atoms with Gasteiger partial charge in [0, 0.05) is 19.4 Å². The summed E-state index contributed by atoms with van der Waals surface area (Å²) >= 11 is 0. The SMILES string of the molecule is CCCCC/C=C\C/C=C\CCCCCCCCCC(=O)OCC(COCCCCCCCC/C=C\C/C=C\CCCCC)OC(=O)CCCCCCCCCCCCCCC. The largest absolute Gasteiger partial charge is 0.462 e. The number of esters is 2. The predicted octanol–water partition coefficient (Wildman–Crippen LogP) is 18.3. The monoisotopic (exact) mass is 869 g/mol. The number of rotatable bonds is 50. The van der Waals surface area contributed by atoms with Crippen molar-refractivity contribution < 1.29 is 23.8 Å². The van der Waals surface area contributed by atoms with Gasteiger partial charge in [-0.3, -0.25) is 9.59 Å². The minimum Gasteiger partial charge on any atom is -0.462 e. The minimum absolute atomic E-state index is 0.0799. The van der Waals surface area contributed by atoms with Crippen LogP contribution in [0.15, 0.2) is 48.6 Å². The van der Waals surface area contributed by atoms with E-state index in [0.717, 1.165) is 57.8 Å². The highest BCUT2D eigenvalue weighted by Crippen LogP contribution is 2.15. The van der Waals surface area contributed by atoms with E-state index >= 15 is 0 Å². The van der Waals surface area contributed by atoms with Crippen LogP contribution < -0.4 is 0 Å². The molecule has 0 fully saturated rings. The Hall–Kier alpha value is -2.14. The van der Waals surface area contributed by atoms with E-state index in [0.29, 0.717) is 19.4 Å². The second kappa shape index (κ2) is 53.2. The predicted molar refractivity (Wildman–Crippen MR) is 270 cm³/mol. The van der Waals surface area contributed by atoms with Crippen LogP contribution in [0.3, 0.4) is 0 Å². The molecule has 0 spiro atoms. The molecule has 0 heterocycles. The molecule has 0 rings (SSSR count). The lowest BCUT2D eigenvalue weighted by atomic mass is 10.0. The maximum Gasteiger partial charge on any atom is 0.306 e. The Morgan fingerprint density at radius 3 is 1.10 bits per heavy atom. The molecule has 0 saturated heterocycles. The third kappa shape index (κ3) is 50.5. The molecule has 0 aromatic carbocycles. The molecule has 0 aliphatic carbocycles. The molecular formula is C57H104O5. The van der Waals surface area contributed by atoms with Crippen molar-refractivity contribution in [2.24, 2.45) is 0 Å². The van der Waals surface area contributed by atoms with Gasteiger partial charge in [0.1, 0.15) is 6.61 Å². The standard InChI is InChI=1S/C57H104O5/c1-4-7-10-13-16-19-22-25-27-29-30-33-35-38-41-44-47-50-56(58)61-54-55(62-57(59)51-48-45-42-39-36-32-24-21-18-15-12-9-6-3)53-60-52-49-46-43-40-37-34-31-28-26-23-20-17-14-11-8-5-2/h16-17,19-20,25-28,55H,4-15,18,21-24,29-54H2,1-3H3/b19-16-,20-17-,27-25-,28-26-. The third-order valence-corrected chi connectivity index (χ3v) is 11.8. The van der Waals surface area contributed by atoms with E-state index < -0.39 is 6.10 Å². The van der Waals surface area contributed by atoms with Gasteiger partial charge in [0.15, 0.2) is 6.10 Å². The van der Waals surface area contributed by atoms with Crippen LogP contribution in [0, 0.1) is 0 Å². The van der Waals surface area contributed by atoms with E-state index in [1.807, 2.05) is 0 Å².